The molecule has 6 heteroatoms. The second-order valence-corrected chi connectivity index (χ2v) is 7.65. The maximum atomic E-state index is 12.3. The molecule has 1 aromatic rings. The number of rotatable bonds is 4. The van der Waals surface area contributed by atoms with E-state index < -0.39 is 5.60 Å². The van der Waals surface area contributed by atoms with E-state index in [-0.39, 0.29) is 12.1 Å². The fourth-order valence-corrected chi connectivity index (χ4v) is 3.10. The normalized spacial score (nSPS) is 18.0. The Morgan fingerprint density at radius 3 is 2.78 bits per heavy atom. The van der Waals surface area contributed by atoms with Crippen LogP contribution < -0.4 is 10.1 Å². The van der Waals surface area contributed by atoms with Gasteiger partial charge in [-0.25, -0.2) is 4.79 Å². The molecule has 23 heavy (non-hydrogen) atoms. The highest BCUT2D eigenvalue weighted by atomic mass is 79.9. The number of carbonyl (C=O) groups is 1. The van der Waals surface area contributed by atoms with E-state index in [4.69, 9.17) is 9.47 Å². The van der Waals surface area contributed by atoms with Crippen molar-refractivity contribution in [2.75, 3.05) is 25.5 Å². The summed E-state index contributed by atoms with van der Waals surface area (Å²) in [4.78, 5) is 14.1. The van der Waals surface area contributed by atoms with E-state index in [0.717, 1.165) is 35.3 Å². The molecular weight excluding hydrogens is 360 g/mol. The number of anilines is 1. The summed E-state index contributed by atoms with van der Waals surface area (Å²) in [5.41, 5.74) is 0.502. The first-order valence-corrected chi connectivity index (χ1v) is 8.66. The van der Waals surface area contributed by atoms with Gasteiger partial charge in [0.05, 0.1) is 13.2 Å². The molecule has 0 aromatic heterocycles. The lowest BCUT2D eigenvalue weighted by atomic mass is 10.2. The first kappa shape index (κ1) is 17.9. The Kier molecular flexibility index (Phi) is 5.79. The predicted octanol–water partition coefficient (Wildman–Crippen LogP) is 4.27. The Morgan fingerprint density at radius 2 is 2.13 bits per heavy atom. The molecule has 128 valence electrons. The fourth-order valence-electron chi connectivity index (χ4n) is 2.63. The SMILES string of the molecule is COc1cc(Br)cc(NCC2CCCN2C(=O)OC(C)(C)C)c1. The fraction of sp³-hybridized carbons (Fsp3) is 0.588. The van der Waals surface area contributed by atoms with E-state index in [0.29, 0.717) is 6.54 Å². The summed E-state index contributed by atoms with van der Waals surface area (Å²) in [5, 5.41) is 3.39. The molecule has 1 amide bonds. The van der Waals surface area contributed by atoms with Crippen LogP contribution in [0.15, 0.2) is 22.7 Å². The van der Waals surface area contributed by atoms with Crippen LogP contribution >= 0.6 is 15.9 Å². The number of amides is 1. The molecule has 1 aliphatic rings. The average molecular weight is 385 g/mol. The minimum Gasteiger partial charge on any atom is -0.497 e. The number of likely N-dealkylation sites (tertiary alicyclic amines) is 1. The van der Waals surface area contributed by atoms with Gasteiger partial charge in [0, 0.05) is 29.3 Å². The van der Waals surface area contributed by atoms with Crippen LogP contribution in [0.1, 0.15) is 33.6 Å². The molecule has 1 atom stereocenters. The zero-order valence-electron chi connectivity index (χ0n) is 14.2. The van der Waals surface area contributed by atoms with Gasteiger partial charge < -0.3 is 19.7 Å². The molecule has 2 rings (SSSR count). The monoisotopic (exact) mass is 384 g/mol. The van der Waals surface area contributed by atoms with Crippen molar-refractivity contribution < 1.29 is 14.3 Å². The van der Waals surface area contributed by atoms with Crippen molar-refractivity contribution >= 4 is 27.7 Å². The van der Waals surface area contributed by atoms with Crippen LogP contribution in [-0.2, 0) is 4.74 Å². The van der Waals surface area contributed by atoms with Crippen molar-refractivity contribution in [3.8, 4) is 5.75 Å². The van der Waals surface area contributed by atoms with E-state index in [2.05, 4.69) is 21.2 Å². The van der Waals surface area contributed by atoms with Gasteiger partial charge in [-0.1, -0.05) is 15.9 Å². The lowest BCUT2D eigenvalue weighted by molar-refractivity contribution is 0.0235. The minimum absolute atomic E-state index is 0.148. The van der Waals surface area contributed by atoms with Crippen molar-refractivity contribution in [3.05, 3.63) is 22.7 Å². The Hall–Kier alpha value is -1.43. The number of ether oxygens (including phenoxy) is 2. The minimum atomic E-state index is -0.463. The molecule has 0 radical (unpaired) electrons. The third kappa shape index (κ3) is 5.30. The standard InChI is InChI=1S/C17H25BrN2O3/c1-17(2,3)23-16(21)20-7-5-6-14(20)11-19-13-8-12(18)9-15(10-13)22-4/h8-10,14,19H,5-7,11H2,1-4H3. The molecule has 0 spiro atoms. The van der Waals surface area contributed by atoms with Gasteiger partial charge in [0.1, 0.15) is 11.4 Å². The van der Waals surface area contributed by atoms with Crippen LogP contribution in [0.25, 0.3) is 0 Å². The number of methoxy groups -OCH3 is 1. The van der Waals surface area contributed by atoms with E-state index in [1.807, 2.05) is 43.9 Å². The average Bonchev–Trinajstić information content (AvgIpc) is 2.91. The number of carbonyl (C=O) groups excluding carboxylic acids is 1. The predicted molar refractivity (Wildman–Crippen MR) is 95.1 cm³/mol. The van der Waals surface area contributed by atoms with Gasteiger partial charge in [-0.05, 0) is 45.7 Å². The number of nitrogens with zero attached hydrogens (tertiary/aromatic N) is 1. The molecule has 0 bridgehead atoms. The summed E-state index contributed by atoms with van der Waals surface area (Å²) < 4.78 is 11.7. The van der Waals surface area contributed by atoms with E-state index in [1.54, 1.807) is 7.11 Å². The second kappa shape index (κ2) is 7.43. The molecule has 5 nitrogen and oxygen atoms in total. The number of hydrogen-bond donors (Lipinski definition) is 1. The van der Waals surface area contributed by atoms with Crippen LogP contribution in [0.5, 0.6) is 5.75 Å². The van der Waals surface area contributed by atoms with Crippen LogP contribution in [0.2, 0.25) is 0 Å². The zero-order valence-corrected chi connectivity index (χ0v) is 15.8. The van der Waals surface area contributed by atoms with Crippen LogP contribution in [0, 0.1) is 0 Å². The molecule has 0 aliphatic carbocycles. The summed E-state index contributed by atoms with van der Waals surface area (Å²) >= 11 is 3.47. The van der Waals surface area contributed by atoms with E-state index in [1.165, 1.54) is 0 Å². The Balaban J connectivity index is 1.96. The Bertz CT molecular complexity index is 557. The summed E-state index contributed by atoms with van der Waals surface area (Å²) in [7, 11) is 1.65. The van der Waals surface area contributed by atoms with Crippen molar-refractivity contribution in [1.82, 2.24) is 4.90 Å². The summed E-state index contributed by atoms with van der Waals surface area (Å²) in [6.45, 7) is 7.12. The molecule has 1 aromatic carbocycles. The van der Waals surface area contributed by atoms with Crippen molar-refractivity contribution in [1.29, 1.82) is 0 Å². The maximum absolute atomic E-state index is 12.3. The highest BCUT2D eigenvalue weighted by Gasteiger charge is 2.31. The van der Waals surface area contributed by atoms with Gasteiger partial charge in [-0.2, -0.15) is 0 Å². The first-order chi connectivity index (χ1) is 10.8. The first-order valence-electron chi connectivity index (χ1n) is 7.86. The van der Waals surface area contributed by atoms with Gasteiger partial charge in [-0.15, -0.1) is 0 Å². The van der Waals surface area contributed by atoms with Crippen molar-refractivity contribution in [3.63, 3.8) is 0 Å². The zero-order chi connectivity index (χ0) is 17.0. The molecule has 1 unspecified atom stereocenters. The van der Waals surface area contributed by atoms with Crippen LogP contribution in [0.3, 0.4) is 0 Å². The van der Waals surface area contributed by atoms with E-state index in [9.17, 15) is 4.79 Å². The van der Waals surface area contributed by atoms with Gasteiger partial charge in [0.2, 0.25) is 0 Å². The third-order valence-electron chi connectivity index (χ3n) is 3.65. The number of nitrogens with one attached hydrogen (secondary N) is 1. The molecule has 0 saturated carbocycles. The molecule has 1 aliphatic heterocycles. The molecular formula is C17H25BrN2O3. The Morgan fingerprint density at radius 1 is 1.39 bits per heavy atom. The van der Waals surface area contributed by atoms with Gasteiger partial charge >= 0.3 is 6.09 Å². The van der Waals surface area contributed by atoms with Crippen LogP contribution in [0.4, 0.5) is 10.5 Å². The quantitative estimate of drug-likeness (QED) is 0.841. The topological polar surface area (TPSA) is 50.8 Å². The highest BCUT2D eigenvalue weighted by molar-refractivity contribution is 9.10. The Labute approximate surface area is 146 Å². The third-order valence-corrected chi connectivity index (χ3v) is 4.11. The largest absolute Gasteiger partial charge is 0.497 e. The molecule has 1 saturated heterocycles. The van der Waals surface area contributed by atoms with Crippen molar-refractivity contribution in [2.24, 2.45) is 0 Å². The van der Waals surface area contributed by atoms with Gasteiger partial charge in [0.15, 0.2) is 0 Å². The van der Waals surface area contributed by atoms with Gasteiger partial charge in [0.25, 0.3) is 0 Å². The highest BCUT2D eigenvalue weighted by Crippen LogP contribution is 2.26. The number of hydrogen-bond acceptors (Lipinski definition) is 4. The number of benzene rings is 1. The lowest BCUT2D eigenvalue weighted by Crippen LogP contribution is -2.42. The smallest absolute Gasteiger partial charge is 0.410 e. The van der Waals surface area contributed by atoms with Gasteiger partial charge in [-0.3, -0.25) is 0 Å². The van der Waals surface area contributed by atoms with E-state index >= 15 is 0 Å². The van der Waals surface area contributed by atoms with Crippen molar-refractivity contribution in [2.45, 2.75) is 45.3 Å². The summed E-state index contributed by atoms with van der Waals surface area (Å²) in [6.07, 6.45) is 1.76. The molecule has 1 N–H and O–H groups in total. The number of halogens is 1. The maximum Gasteiger partial charge on any atom is 0.410 e. The summed E-state index contributed by atoms with van der Waals surface area (Å²) in [6, 6.07) is 6.00. The molecule has 1 fully saturated rings. The molecule has 1 heterocycles. The summed E-state index contributed by atoms with van der Waals surface area (Å²) in [5.74, 6) is 0.789. The van der Waals surface area contributed by atoms with Crippen LogP contribution in [-0.4, -0.2) is 42.8 Å². The lowest BCUT2D eigenvalue weighted by Gasteiger charge is -2.29. The second-order valence-electron chi connectivity index (χ2n) is 6.73.